The summed E-state index contributed by atoms with van der Waals surface area (Å²) in [6.45, 7) is 7.07. The number of hydrogen-bond donors (Lipinski definition) is 1. The van der Waals surface area contributed by atoms with Gasteiger partial charge >= 0.3 is 0 Å². The van der Waals surface area contributed by atoms with Gasteiger partial charge in [-0.25, -0.2) is 4.98 Å². The maximum Gasteiger partial charge on any atom is 0.211 e. The minimum atomic E-state index is 0.132. The number of rotatable bonds is 4. The summed E-state index contributed by atoms with van der Waals surface area (Å²) in [5, 5.41) is 3.28. The summed E-state index contributed by atoms with van der Waals surface area (Å²) in [5.41, 5.74) is 2.22. The Morgan fingerprint density at radius 2 is 2.22 bits per heavy atom. The Balaban J connectivity index is 2.32. The second-order valence-corrected chi connectivity index (χ2v) is 5.07. The lowest BCUT2D eigenvalue weighted by molar-refractivity contribution is 0.429. The quantitative estimate of drug-likeness (QED) is 0.924. The fourth-order valence-corrected chi connectivity index (χ4v) is 2.30. The molecule has 1 N–H and O–H groups in total. The van der Waals surface area contributed by atoms with Crippen molar-refractivity contribution in [3.8, 4) is 11.3 Å². The van der Waals surface area contributed by atoms with Gasteiger partial charge in [-0.3, -0.25) is 0 Å². The normalized spacial score (nSPS) is 12.7. The molecule has 0 aliphatic carbocycles. The molecule has 1 unspecified atom stereocenters. The molecule has 96 valence electrons. The van der Waals surface area contributed by atoms with Crippen LogP contribution in [0.5, 0.6) is 0 Å². The van der Waals surface area contributed by atoms with E-state index in [1.807, 2.05) is 19.1 Å². The van der Waals surface area contributed by atoms with Gasteiger partial charge in [-0.15, -0.1) is 0 Å². The topological polar surface area (TPSA) is 38.1 Å². The van der Waals surface area contributed by atoms with E-state index in [0.29, 0.717) is 0 Å². The van der Waals surface area contributed by atoms with Crippen LogP contribution in [0.3, 0.4) is 0 Å². The molecule has 1 heterocycles. The van der Waals surface area contributed by atoms with E-state index in [1.165, 1.54) is 5.56 Å². The molecule has 3 nitrogen and oxygen atoms in total. The summed E-state index contributed by atoms with van der Waals surface area (Å²) in [6.07, 6.45) is 1.78. The zero-order valence-electron chi connectivity index (χ0n) is 10.8. The van der Waals surface area contributed by atoms with E-state index in [4.69, 9.17) is 4.42 Å². The highest BCUT2D eigenvalue weighted by molar-refractivity contribution is 9.10. The number of oxazole rings is 1. The fraction of sp³-hybridized carbons (Fsp3) is 0.357. The maximum absolute atomic E-state index is 5.82. The Hall–Kier alpha value is -1.13. The average Bonchev–Trinajstić information content (AvgIpc) is 2.82. The summed E-state index contributed by atoms with van der Waals surface area (Å²) in [6, 6.07) is 6.24. The lowest BCUT2D eigenvalue weighted by Crippen LogP contribution is -2.17. The summed E-state index contributed by atoms with van der Waals surface area (Å²) in [7, 11) is 0. The Morgan fingerprint density at radius 1 is 1.44 bits per heavy atom. The number of nitrogens with one attached hydrogen (secondary N) is 1. The summed E-state index contributed by atoms with van der Waals surface area (Å²) in [5.74, 6) is 1.52. The molecular weight excluding hydrogens is 292 g/mol. The number of nitrogens with zero attached hydrogens (tertiary/aromatic N) is 1. The van der Waals surface area contributed by atoms with E-state index in [1.54, 1.807) is 6.20 Å². The zero-order chi connectivity index (χ0) is 13.1. The highest BCUT2D eigenvalue weighted by atomic mass is 79.9. The van der Waals surface area contributed by atoms with Gasteiger partial charge in [-0.1, -0.05) is 25.1 Å². The minimum Gasteiger partial charge on any atom is -0.439 e. The van der Waals surface area contributed by atoms with Gasteiger partial charge < -0.3 is 9.73 Å². The van der Waals surface area contributed by atoms with Crippen molar-refractivity contribution in [1.29, 1.82) is 0 Å². The molecule has 1 atom stereocenters. The molecule has 0 fully saturated rings. The first-order chi connectivity index (χ1) is 8.63. The second-order valence-electron chi connectivity index (χ2n) is 4.28. The van der Waals surface area contributed by atoms with Crippen LogP contribution in [0.15, 0.2) is 33.3 Å². The Labute approximate surface area is 116 Å². The molecule has 4 heteroatoms. The van der Waals surface area contributed by atoms with Gasteiger partial charge in [0, 0.05) is 10.0 Å². The van der Waals surface area contributed by atoms with Crippen molar-refractivity contribution in [2.24, 2.45) is 0 Å². The largest absolute Gasteiger partial charge is 0.439 e. The molecule has 0 aliphatic rings. The molecule has 0 saturated carbocycles. The van der Waals surface area contributed by atoms with Crippen LogP contribution in [-0.4, -0.2) is 11.5 Å². The van der Waals surface area contributed by atoms with Crippen molar-refractivity contribution >= 4 is 15.9 Å². The van der Waals surface area contributed by atoms with E-state index in [9.17, 15) is 0 Å². The molecule has 0 saturated heterocycles. The molecule has 0 aliphatic heterocycles. The predicted molar refractivity (Wildman–Crippen MR) is 76.5 cm³/mol. The van der Waals surface area contributed by atoms with Gasteiger partial charge in [0.25, 0.3) is 0 Å². The van der Waals surface area contributed by atoms with Gasteiger partial charge in [0.05, 0.1) is 12.2 Å². The third kappa shape index (κ3) is 2.65. The molecule has 1 aromatic carbocycles. The van der Waals surface area contributed by atoms with Crippen molar-refractivity contribution in [2.75, 3.05) is 6.54 Å². The van der Waals surface area contributed by atoms with Crippen molar-refractivity contribution in [3.05, 3.63) is 40.3 Å². The Morgan fingerprint density at radius 3 is 2.94 bits per heavy atom. The molecule has 0 radical (unpaired) electrons. The molecule has 1 aromatic heterocycles. The second kappa shape index (κ2) is 5.67. The number of hydrogen-bond acceptors (Lipinski definition) is 3. The van der Waals surface area contributed by atoms with Crippen molar-refractivity contribution in [3.63, 3.8) is 0 Å². The molecular formula is C14H17BrN2O. The van der Waals surface area contributed by atoms with E-state index >= 15 is 0 Å². The van der Waals surface area contributed by atoms with E-state index < -0.39 is 0 Å². The molecule has 0 bridgehead atoms. The lowest BCUT2D eigenvalue weighted by atomic mass is 10.1. The van der Waals surface area contributed by atoms with Crippen LogP contribution in [0.2, 0.25) is 0 Å². The number of halogens is 1. The summed E-state index contributed by atoms with van der Waals surface area (Å²) in [4.78, 5) is 4.33. The van der Waals surface area contributed by atoms with Gasteiger partial charge in [-0.05, 0) is 41.9 Å². The first-order valence-corrected chi connectivity index (χ1v) is 6.87. The maximum atomic E-state index is 5.82. The van der Waals surface area contributed by atoms with Crippen LogP contribution < -0.4 is 5.32 Å². The first kappa shape index (κ1) is 13.3. The van der Waals surface area contributed by atoms with Crippen LogP contribution in [0.25, 0.3) is 11.3 Å². The lowest BCUT2D eigenvalue weighted by Gasteiger charge is -2.07. The van der Waals surface area contributed by atoms with Crippen LogP contribution in [0.1, 0.15) is 31.3 Å². The van der Waals surface area contributed by atoms with Crippen molar-refractivity contribution < 1.29 is 4.42 Å². The summed E-state index contributed by atoms with van der Waals surface area (Å²) >= 11 is 3.59. The third-order valence-corrected chi connectivity index (χ3v) is 3.91. The minimum absolute atomic E-state index is 0.132. The van der Waals surface area contributed by atoms with Crippen LogP contribution >= 0.6 is 15.9 Å². The van der Waals surface area contributed by atoms with Crippen LogP contribution in [0, 0.1) is 6.92 Å². The number of benzene rings is 1. The van der Waals surface area contributed by atoms with Gasteiger partial charge in [0.1, 0.15) is 0 Å². The average molecular weight is 309 g/mol. The predicted octanol–water partition coefficient (Wildman–Crippen LogP) is 4.08. The van der Waals surface area contributed by atoms with E-state index in [-0.39, 0.29) is 6.04 Å². The van der Waals surface area contributed by atoms with Gasteiger partial charge in [0.15, 0.2) is 5.76 Å². The SMILES string of the molecule is CCNC(C)c1ncc(-c2cccc(C)c2Br)o1. The fourth-order valence-electron chi connectivity index (χ4n) is 1.84. The van der Waals surface area contributed by atoms with E-state index in [0.717, 1.165) is 28.2 Å². The van der Waals surface area contributed by atoms with Gasteiger partial charge in [-0.2, -0.15) is 0 Å². The molecule has 2 aromatic rings. The van der Waals surface area contributed by atoms with Crippen molar-refractivity contribution in [2.45, 2.75) is 26.8 Å². The molecule has 2 rings (SSSR count). The first-order valence-electron chi connectivity index (χ1n) is 6.08. The zero-order valence-corrected chi connectivity index (χ0v) is 12.4. The molecule has 0 amide bonds. The van der Waals surface area contributed by atoms with E-state index in [2.05, 4.69) is 46.1 Å². The van der Waals surface area contributed by atoms with Crippen molar-refractivity contribution in [1.82, 2.24) is 10.3 Å². The number of aryl methyl sites for hydroxylation is 1. The summed E-state index contributed by atoms with van der Waals surface area (Å²) < 4.78 is 6.88. The highest BCUT2D eigenvalue weighted by Gasteiger charge is 2.14. The molecule has 0 spiro atoms. The van der Waals surface area contributed by atoms with Crippen LogP contribution in [-0.2, 0) is 0 Å². The smallest absolute Gasteiger partial charge is 0.211 e. The standard InChI is InChI=1S/C14H17BrN2O/c1-4-16-10(3)14-17-8-12(18-14)11-7-5-6-9(2)13(11)15/h5-8,10,16H,4H2,1-3H3. The van der Waals surface area contributed by atoms with Gasteiger partial charge in [0.2, 0.25) is 5.89 Å². The monoisotopic (exact) mass is 308 g/mol. The highest BCUT2D eigenvalue weighted by Crippen LogP contribution is 2.31. The Kier molecular flexibility index (Phi) is 4.19. The Bertz CT molecular complexity index is 536. The third-order valence-electron chi connectivity index (χ3n) is 2.86. The van der Waals surface area contributed by atoms with Crippen LogP contribution in [0.4, 0.5) is 0 Å². The number of aromatic nitrogens is 1. The molecule has 18 heavy (non-hydrogen) atoms.